The molecule has 0 spiro atoms. The molecule has 0 heterocycles. The van der Waals surface area contributed by atoms with Crippen molar-refractivity contribution < 1.29 is 9.85 Å². The summed E-state index contributed by atoms with van der Waals surface area (Å²) in [6.45, 7) is 0. The van der Waals surface area contributed by atoms with Gasteiger partial charge in [0.05, 0.1) is 20.8 Å². The first-order valence-corrected chi connectivity index (χ1v) is 8.02. The number of nitrogens with zero attached hydrogens (tertiary/aromatic N) is 2. The molecule has 0 aromatic heterocycles. The van der Waals surface area contributed by atoms with Gasteiger partial charge in [0.2, 0.25) is 0 Å². The standard InChI is InChI=1S/C13H13ClN2O4S/c14-10-5-7-1-3-9(10)13(7)21-12-4-2-8(15(17)18)6-11(12)16(19)20/h2,4,6-7,9-10,13H,1,3,5H2. The van der Waals surface area contributed by atoms with Gasteiger partial charge in [0, 0.05) is 16.7 Å². The number of fused-ring (bicyclic) bond motifs is 2. The Kier molecular flexibility index (Phi) is 3.79. The lowest BCUT2D eigenvalue weighted by atomic mass is 10.0. The summed E-state index contributed by atoms with van der Waals surface area (Å²) in [6, 6.07) is 3.85. The van der Waals surface area contributed by atoms with Gasteiger partial charge in [-0.2, -0.15) is 0 Å². The van der Waals surface area contributed by atoms with Crippen molar-refractivity contribution >= 4 is 34.7 Å². The van der Waals surface area contributed by atoms with E-state index in [1.54, 1.807) is 0 Å². The average molecular weight is 329 g/mol. The minimum atomic E-state index is -0.616. The molecule has 112 valence electrons. The number of nitro groups is 2. The van der Waals surface area contributed by atoms with Crippen LogP contribution in [0.1, 0.15) is 19.3 Å². The van der Waals surface area contributed by atoms with Crippen LogP contribution in [0.4, 0.5) is 11.4 Å². The molecule has 2 bridgehead atoms. The summed E-state index contributed by atoms with van der Waals surface area (Å²) in [4.78, 5) is 21.2. The second-order valence-electron chi connectivity index (χ2n) is 5.50. The number of hydrogen-bond donors (Lipinski definition) is 0. The van der Waals surface area contributed by atoms with Crippen LogP contribution in [0, 0.1) is 32.1 Å². The molecule has 4 atom stereocenters. The van der Waals surface area contributed by atoms with Crippen molar-refractivity contribution in [3.05, 3.63) is 38.4 Å². The summed E-state index contributed by atoms with van der Waals surface area (Å²) in [5, 5.41) is 22.3. The first-order chi connectivity index (χ1) is 9.97. The fourth-order valence-electron chi connectivity index (χ4n) is 3.38. The third-order valence-electron chi connectivity index (χ3n) is 4.36. The summed E-state index contributed by atoms with van der Waals surface area (Å²) in [5.41, 5.74) is -0.442. The Morgan fingerprint density at radius 3 is 2.48 bits per heavy atom. The van der Waals surface area contributed by atoms with E-state index >= 15 is 0 Å². The van der Waals surface area contributed by atoms with Crippen LogP contribution in [0.3, 0.4) is 0 Å². The van der Waals surface area contributed by atoms with E-state index in [0.717, 1.165) is 25.3 Å². The molecule has 2 saturated carbocycles. The Morgan fingerprint density at radius 2 is 1.95 bits per heavy atom. The van der Waals surface area contributed by atoms with Crippen LogP contribution >= 0.6 is 23.4 Å². The first-order valence-electron chi connectivity index (χ1n) is 6.71. The maximum atomic E-state index is 11.2. The number of halogens is 1. The topological polar surface area (TPSA) is 86.3 Å². The summed E-state index contributed by atoms with van der Waals surface area (Å²) >= 11 is 7.76. The van der Waals surface area contributed by atoms with Crippen LogP contribution < -0.4 is 0 Å². The smallest absolute Gasteiger partial charge is 0.258 e. The van der Waals surface area contributed by atoms with Gasteiger partial charge < -0.3 is 0 Å². The fraction of sp³-hybridized carbons (Fsp3) is 0.538. The lowest BCUT2D eigenvalue weighted by Crippen LogP contribution is -2.13. The molecule has 0 N–H and O–H groups in total. The van der Waals surface area contributed by atoms with Gasteiger partial charge in [-0.05, 0) is 37.2 Å². The number of nitro benzene ring substituents is 2. The molecular formula is C13H13ClN2O4S. The number of alkyl halides is 1. The Labute approximate surface area is 130 Å². The Balaban J connectivity index is 1.89. The van der Waals surface area contributed by atoms with Crippen LogP contribution in [-0.2, 0) is 0 Å². The van der Waals surface area contributed by atoms with Gasteiger partial charge in [0.1, 0.15) is 0 Å². The molecule has 2 fully saturated rings. The predicted octanol–water partition coefficient (Wildman–Crippen LogP) is 4.00. The Bertz CT molecular complexity index is 612. The Morgan fingerprint density at radius 1 is 1.19 bits per heavy atom. The average Bonchev–Trinajstić information content (AvgIpc) is 2.94. The molecule has 8 heteroatoms. The van der Waals surface area contributed by atoms with Gasteiger partial charge in [-0.15, -0.1) is 23.4 Å². The van der Waals surface area contributed by atoms with Crippen molar-refractivity contribution in [2.45, 2.75) is 34.8 Å². The van der Waals surface area contributed by atoms with E-state index in [0.29, 0.717) is 16.7 Å². The van der Waals surface area contributed by atoms with Crippen LogP contribution in [0.25, 0.3) is 0 Å². The molecule has 0 saturated heterocycles. The van der Waals surface area contributed by atoms with E-state index in [4.69, 9.17) is 11.6 Å². The zero-order valence-corrected chi connectivity index (χ0v) is 12.5. The zero-order chi connectivity index (χ0) is 15.1. The number of hydrogen-bond acceptors (Lipinski definition) is 5. The van der Waals surface area contributed by atoms with E-state index in [2.05, 4.69) is 0 Å². The zero-order valence-electron chi connectivity index (χ0n) is 11.0. The molecular weight excluding hydrogens is 316 g/mol. The van der Waals surface area contributed by atoms with E-state index in [1.165, 1.54) is 23.9 Å². The number of benzene rings is 1. The highest BCUT2D eigenvalue weighted by atomic mass is 35.5. The summed E-state index contributed by atoms with van der Waals surface area (Å²) in [5.74, 6) is 0.883. The van der Waals surface area contributed by atoms with E-state index < -0.39 is 9.85 Å². The van der Waals surface area contributed by atoms with E-state index in [9.17, 15) is 20.2 Å². The largest absolute Gasteiger partial charge is 0.289 e. The van der Waals surface area contributed by atoms with Gasteiger partial charge in [0.25, 0.3) is 11.4 Å². The molecule has 0 amide bonds. The molecule has 0 aliphatic heterocycles. The molecule has 2 aliphatic carbocycles. The molecule has 1 aromatic rings. The van der Waals surface area contributed by atoms with Crippen molar-refractivity contribution in [1.82, 2.24) is 0 Å². The van der Waals surface area contributed by atoms with Crippen LogP contribution in [-0.4, -0.2) is 20.5 Å². The highest BCUT2D eigenvalue weighted by molar-refractivity contribution is 8.00. The van der Waals surface area contributed by atoms with Crippen LogP contribution in [0.15, 0.2) is 23.1 Å². The second-order valence-corrected chi connectivity index (χ2v) is 7.28. The molecule has 2 aliphatic rings. The summed E-state index contributed by atoms with van der Waals surface area (Å²) < 4.78 is 0. The van der Waals surface area contributed by atoms with Crippen LogP contribution in [0.2, 0.25) is 0 Å². The van der Waals surface area contributed by atoms with E-state index in [1.807, 2.05) is 0 Å². The Hall–Kier alpha value is -1.34. The molecule has 3 rings (SSSR count). The molecule has 0 radical (unpaired) electrons. The first kappa shape index (κ1) is 14.6. The maximum Gasteiger partial charge on any atom is 0.289 e. The number of thioether (sulfide) groups is 1. The van der Waals surface area contributed by atoms with Gasteiger partial charge in [0.15, 0.2) is 0 Å². The minimum absolute atomic E-state index is 0.151. The second kappa shape index (κ2) is 5.46. The van der Waals surface area contributed by atoms with Crippen molar-refractivity contribution in [1.29, 1.82) is 0 Å². The van der Waals surface area contributed by atoms with Gasteiger partial charge in [-0.3, -0.25) is 20.2 Å². The fourth-order valence-corrected chi connectivity index (χ4v) is 5.61. The van der Waals surface area contributed by atoms with Crippen LogP contribution in [0.5, 0.6) is 0 Å². The maximum absolute atomic E-state index is 11.2. The van der Waals surface area contributed by atoms with Crippen molar-refractivity contribution in [2.75, 3.05) is 0 Å². The lowest BCUT2D eigenvalue weighted by molar-refractivity contribution is -0.396. The highest BCUT2D eigenvalue weighted by Crippen LogP contribution is 2.55. The van der Waals surface area contributed by atoms with Crippen molar-refractivity contribution in [2.24, 2.45) is 11.8 Å². The quantitative estimate of drug-likeness (QED) is 0.473. The monoisotopic (exact) mass is 328 g/mol. The number of rotatable bonds is 4. The summed E-state index contributed by atoms with van der Waals surface area (Å²) in [7, 11) is 0. The highest BCUT2D eigenvalue weighted by Gasteiger charge is 2.48. The molecule has 21 heavy (non-hydrogen) atoms. The van der Waals surface area contributed by atoms with Crippen molar-refractivity contribution in [3.8, 4) is 0 Å². The van der Waals surface area contributed by atoms with Gasteiger partial charge >= 0.3 is 0 Å². The SMILES string of the molecule is O=[N+]([O-])c1ccc(SC2C3CCC2C(Cl)C3)c([N+](=O)[O-])c1. The third-order valence-corrected chi connectivity index (χ3v) is 6.47. The minimum Gasteiger partial charge on any atom is -0.258 e. The number of non-ortho nitro benzene ring substituents is 1. The predicted molar refractivity (Wildman–Crippen MR) is 79.9 cm³/mol. The normalized spacial score (nSPS) is 30.5. The van der Waals surface area contributed by atoms with Gasteiger partial charge in [-0.25, -0.2) is 0 Å². The van der Waals surface area contributed by atoms with Crippen molar-refractivity contribution in [3.63, 3.8) is 0 Å². The summed E-state index contributed by atoms with van der Waals surface area (Å²) in [6.07, 6.45) is 3.15. The molecule has 4 unspecified atom stereocenters. The van der Waals surface area contributed by atoms with Gasteiger partial charge in [-0.1, -0.05) is 0 Å². The molecule has 6 nitrogen and oxygen atoms in total. The van der Waals surface area contributed by atoms with E-state index in [-0.39, 0.29) is 22.0 Å². The lowest BCUT2D eigenvalue weighted by Gasteiger charge is -2.16. The third kappa shape index (κ3) is 2.60. The molecule has 1 aromatic carbocycles.